The van der Waals surface area contributed by atoms with Crippen LogP contribution in [0.25, 0.3) is 0 Å². The molecule has 0 bridgehead atoms. The molecule has 1 aliphatic heterocycles. The molecule has 0 saturated heterocycles. The predicted molar refractivity (Wildman–Crippen MR) is 163 cm³/mol. The number of ketones is 2. The number of Topliss-reactive ketones (excluding diaryl/α,β-unsaturated/α-hetero) is 2. The van der Waals surface area contributed by atoms with Crippen LogP contribution >= 0.6 is 23.2 Å². The zero-order valence-electron chi connectivity index (χ0n) is 24.4. The van der Waals surface area contributed by atoms with Gasteiger partial charge >= 0.3 is 16.1 Å². The number of hydrogen-bond donors (Lipinski definition) is 1. The highest BCUT2D eigenvalue weighted by Crippen LogP contribution is 2.54. The lowest BCUT2D eigenvalue weighted by atomic mass is 9.63. The number of halogens is 2. The van der Waals surface area contributed by atoms with Gasteiger partial charge < -0.3 is 14.2 Å². The van der Waals surface area contributed by atoms with Gasteiger partial charge in [0.05, 0.1) is 11.4 Å². The molecular formula is C32H33Cl2NO7S. The highest BCUT2D eigenvalue weighted by atomic mass is 35.5. The van der Waals surface area contributed by atoms with Crippen molar-refractivity contribution in [3.63, 3.8) is 0 Å². The fourth-order valence-corrected chi connectivity index (χ4v) is 7.74. The Kier molecular flexibility index (Phi) is 8.07. The summed E-state index contributed by atoms with van der Waals surface area (Å²) in [6, 6.07) is 10.1. The lowest BCUT2D eigenvalue weighted by Crippen LogP contribution is -2.45. The third-order valence-electron chi connectivity index (χ3n) is 8.16. The van der Waals surface area contributed by atoms with Crippen molar-refractivity contribution in [3.8, 4) is 5.75 Å². The first-order valence-corrected chi connectivity index (χ1v) is 16.2. The minimum Gasteiger partial charge on any atom is -0.481 e. The predicted octanol–water partition coefficient (Wildman–Crippen LogP) is 6.92. The van der Waals surface area contributed by atoms with Gasteiger partial charge in [0.2, 0.25) is 0 Å². The van der Waals surface area contributed by atoms with Gasteiger partial charge in [-0.1, -0.05) is 57.0 Å². The highest BCUT2D eigenvalue weighted by Gasteiger charge is 2.49. The van der Waals surface area contributed by atoms with Gasteiger partial charge in [-0.05, 0) is 65.6 Å². The molecule has 0 radical (unpaired) electrons. The Morgan fingerprint density at radius 2 is 1.44 bits per heavy atom. The van der Waals surface area contributed by atoms with Crippen LogP contribution in [0.15, 0.2) is 69.9 Å². The molecule has 0 saturated carbocycles. The summed E-state index contributed by atoms with van der Waals surface area (Å²) < 4.78 is 31.2. The lowest BCUT2D eigenvalue weighted by Gasteiger charge is -2.49. The van der Waals surface area contributed by atoms with E-state index in [4.69, 9.17) is 27.4 Å². The van der Waals surface area contributed by atoms with Gasteiger partial charge in [0.1, 0.15) is 4.90 Å². The molecule has 43 heavy (non-hydrogen) atoms. The number of carbonyl (C=O) groups excluding carboxylic acids is 2. The summed E-state index contributed by atoms with van der Waals surface area (Å²) in [6.07, 6.45) is 1.45. The first kappa shape index (κ1) is 31.3. The number of carbonyl (C=O) groups is 3. The fourth-order valence-electron chi connectivity index (χ4n) is 6.39. The molecule has 228 valence electrons. The first-order valence-electron chi connectivity index (χ1n) is 14.0. The van der Waals surface area contributed by atoms with Crippen LogP contribution in [-0.2, 0) is 24.5 Å². The number of carboxylic acid groups (broad SMARTS) is 1. The summed E-state index contributed by atoms with van der Waals surface area (Å²) in [5.74, 6) is -2.01. The van der Waals surface area contributed by atoms with Crippen molar-refractivity contribution in [3.05, 3.63) is 80.6 Å². The molecule has 11 heteroatoms. The smallest absolute Gasteiger partial charge is 0.339 e. The van der Waals surface area contributed by atoms with E-state index in [1.165, 1.54) is 30.3 Å². The quantitative estimate of drug-likeness (QED) is 0.322. The molecule has 0 fully saturated rings. The Bertz CT molecular complexity index is 1650. The molecule has 2 aromatic carbocycles. The van der Waals surface area contributed by atoms with Gasteiger partial charge in [0, 0.05) is 52.9 Å². The molecule has 2 aromatic rings. The van der Waals surface area contributed by atoms with Gasteiger partial charge in [0.25, 0.3) is 0 Å². The Morgan fingerprint density at radius 3 is 1.93 bits per heavy atom. The van der Waals surface area contributed by atoms with Crippen LogP contribution < -0.4 is 4.18 Å². The van der Waals surface area contributed by atoms with Crippen molar-refractivity contribution in [1.29, 1.82) is 0 Å². The average Bonchev–Trinajstić information content (AvgIpc) is 2.87. The molecule has 5 rings (SSSR count). The van der Waals surface area contributed by atoms with E-state index in [2.05, 4.69) is 0 Å². The highest BCUT2D eigenvalue weighted by molar-refractivity contribution is 7.87. The summed E-state index contributed by atoms with van der Waals surface area (Å²) in [7, 11) is -4.22. The van der Waals surface area contributed by atoms with Crippen LogP contribution in [0.2, 0.25) is 10.0 Å². The maximum atomic E-state index is 13.9. The van der Waals surface area contributed by atoms with Crippen LogP contribution in [0.4, 0.5) is 0 Å². The Labute approximate surface area is 261 Å². The standard InChI is InChI=1S/C32H33Cl2NO7S/c1-31(2)14-22-29(24(36)16-31)28(30-23(35(22)12-11-27(38)39)15-32(3,4)17-25(30)37)18-5-10-26(21(34)13-18)42-43(40,41)20-8-6-19(33)7-9-20/h5-10,13,28H,11-12,14-17H2,1-4H3,(H,38,39). The number of hydrogen-bond acceptors (Lipinski definition) is 7. The van der Waals surface area contributed by atoms with Crippen molar-refractivity contribution in [2.24, 2.45) is 10.8 Å². The van der Waals surface area contributed by atoms with E-state index >= 15 is 0 Å². The number of aliphatic carboxylic acids is 1. The summed E-state index contributed by atoms with van der Waals surface area (Å²) >= 11 is 12.5. The second-order valence-corrected chi connectivity index (χ2v) is 15.4. The molecule has 0 amide bonds. The topological polar surface area (TPSA) is 118 Å². The Balaban J connectivity index is 1.63. The second-order valence-electron chi connectivity index (χ2n) is 13.0. The number of carboxylic acids is 1. The van der Waals surface area contributed by atoms with Crippen LogP contribution in [0.3, 0.4) is 0 Å². The minimum absolute atomic E-state index is 0.000165. The number of nitrogens with zero attached hydrogens (tertiary/aromatic N) is 1. The summed E-state index contributed by atoms with van der Waals surface area (Å²) in [5.41, 5.74) is 2.24. The SMILES string of the molecule is CC1(C)CC(=O)C2=C(C1)N(CCC(=O)O)C1=C(C(=O)CC(C)(C)C1)C2c1ccc(OS(=O)(=O)c2ccc(Cl)cc2)c(Cl)c1. The van der Waals surface area contributed by atoms with Crippen LogP contribution in [0.1, 0.15) is 71.3 Å². The summed E-state index contributed by atoms with van der Waals surface area (Å²) in [5, 5.41) is 9.90. The summed E-state index contributed by atoms with van der Waals surface area (Å²) in [4.78, 5) is 41.2. The number of allylic oxidation sites excluding steroid dienone is 4. The van der Waals surface area contributed by atoms with E-state index in [-0.39, 0.29) is 63.9 Å². The van der Waals surface area contributed by atoms with Crippen molar-refractivity contribution in [1.82, 2.24) is 4.90 Å². The molecule has 0 atom stereocenters. The van der Waals surface area contributed by atoms with E-state index in [0.29, 0.717) is 34.6 Å². The van der Waals surface area contributed by atoms with Crippen LogP contribution in [0, 0.1) is 10.8 Å². The van der Waals surface area contributed by atoms with Gasteiger partial charge in [-0.15, -0.1) is 0 Å². The Morgan fingerprint density at radius 1 is 0.907 bits per heavy atom. The van der Waals surface area contributed by atoms with E-state index < -0.39 is 22.0 Å². The second kappa shape index (κ2) is 11.1. The lowest BCUT2D eigenvalue weighted by molar-refractivity contribution is -0.137. The first-order chi connectivity index (χ1) is 20.0. The van der Waals surface area contributed by atoms with Gasteiger partial charge in [-0.2, -0.15) is 8.42 Å². The van der Waals surface area contributed by atoms with Crippen LogP contribution in [0.5, 0.6) is 5.75 Å². The monoisotopic (exact) mass is 645 g/mol. The maximum absolute atomic E-state index is 13.9. The van der Waals surface area contributed by atoms with Crippen LogP contribution in [-0.4, -0.2) is 42.5 Å². The minimum atomic E-state index is -4.22. The zero-order chi connectivity index (χ0) is 31.5. The van der Waals surface area contributed by atoms with Crippen molar-refractivity contribution < 1.29 is 32.1 Å². The number of rotatable bonds is 7. The van der Waals surface area contributed by atoms with Crippen molar-refractivity contribution in [2.45, 2.75) is 70.6 Å². The molecule has 1 N–H and O–H groups in total. The van der Waals surface area contributed by atoms with Crippen molar-refractivity contribution >= 4 is 50.9 Å². The van der Waals surface area contributed by atoms with E-state index in [0.717, 1.165) is 11.4 Å². The normalized spacial score (nSPS) is 20.2. The molecule has 8 nitrogen and oxygen atoms in total. The van der Waals surface area contributed by atoms with E-state index in [1.54, 1.807) is 12.1 Å². The fraction of sp³-hybridized carbons (Fsp3) is 0.406. The van der Waals surface area contributed by atoms with E-state index in [1.807, 2.05) is 32.6 Å². The largest absolute Gasteiger partial charge is 0.481 e. The third-order valence-corrected chi connectivity index (χ3v) is 9.96. The Hall–Kier alpha value is -3.14. The average molecular weight is 647 g/mol. The molecule has 3 aliphatic rings. The summed E-state index contributed by atoms with van der Waals surface area (Å²) in [6.45, 7) is 8.15. The molecule has 0 spiro atoms. The maximum Gasteiger partial charge on any atom is 0.339 e. The van der Waals surface area contributed by atoms with Gasteiger partial charge in [-0.25, -0.2) is 0 Å². The van der Waals surface area contributed by atoms with E-state index in [9.17, 15) is 27.9 Å². The molecular weight excluding hydrogens is 613 g/mol. The molecule has 0 unspecified atom stereocenters. The molecule has 2 aliphatic carbocycles. The van der Waals surface area contributed by atoms with Gasteiger partial charge in [-0.3, -0.25) is 14.4 Å². The molecule has 1 heterocycles. The van der Waals surface area contributed by atoms with Gasteiger partial charge in [0.15, 0.2) is 17.3 Å². The third kappa shape index (κ3) is 6.26. The zero-order valence-corrected chi connectivity index (χ0v) is 26.7. The molecule has 0 aromatic heterocycles. The number of benzene rings is 2. The van der Waals surface area contributed by atoms with Crippen molar-refractivity contribution in [2.75, 3.05) is 6.54 Å².